The van der Waals surface area contributed by atoms with Gasteiger partial charge in [-0.3, -0.25) is 5.10 Å². The molecular formula is C8H15N3. The van der Waals surface area contributed by atoms with Crippen molar-refractivity contribution < 1.29 is 0 Å². The van der Waals surface area contributed by atoms with Crippen LogP contribution in [-0.2, 0) is 0 Å². The van der Waals surface area contributed by atoms with Crippen molar-refractivity contribution in [1.29, 1.82) is 0 Å². The summed E-state index contributed by atoms with van der Waals surface area (Å²) in [4.78, 5) is 0. The van der Waals surface area contributed by atoms with Gasteiger partial charge in [-0.05, 0) is 12.3 Å². The monoisotopic (exact) mass is 153 g/mol. The number of H-pyrrole nitrogens is 1. The van der Waals surface area contributed by atoms with E-state index in [1.54, 1.807) is 6.20 Å². The van der Waals surface area contributed by atoms with Gasteiger partial charge in [-0.1, -0.05) is 20.3 Å². The molecule has 1 heterocycles. The Labute approximate surface area is 67.0 Å². The Morgan fingerprint density at radius 1 is 1.73 bits per heavy atom. The zero-order valence-electron chi connectivity index (χ0n) is 7.09. The van der Waals surface area contributed by atoms with Crippen LogP contribution in [-0.4, -0.2) is 10.2 Å². The second kappa shape index (κ2) is 3.42. The van der Waals surface area contributed by atoms with Gasteiger partial charge in [0.15, 0.2) is 0 Å². The molecule has 0 fully saturated rings. The summed E-state index contributed by atoms with van der Waals surface area (Å²) in [5, 5.41) is 6.79. The summed E-state index contributed by atoms with van der Waals surface area (Å²) in [6.07, 6.45) is 4.01. The summed E-state index contributed by atoms with van der Waals surface area (Å²) in [7, 11) is 0. The molecule has 0 saturated heterocycles. The lowest BCUT2D eigenvalue weighted by Crippen LogP contribution is -1.97. The molecular weight excluding hydrogens is 138 g/mol. The molecule has 1 rings (SSSR count). The maximum absolute atomic E-state index is 5.68. The molecule has 0 aliphatic heterocycles. The van der Waals surface area contributed by atoms with Crippen LogP contribution in [0.25, 0.3) is 0 Å². The normalized spacial score (nSPS) is 13.3. The first kappa shape index (κ1) is 8.11. The Balaban J connectivity index is 2.67. The van der Waals surface area contributed by atoms with E-state index in [4.69, 9.17) is 5.73 Å². The third-order valence-corrected chi connectivity index (χ3v) is 1.91. The number of nitrogen functional groups attached to an aromatic ring is 1. The van der Waals surface area contributed by atoms with Crippen molar-refractivity contribution >= 4 is 5.69 Å². The van der Waals surface area contributed by atoms with Crippen molar-refractivity contribution in [2.45, 2.75) is 32.6 Å². The second-order valence-corrected chi connectivity index (χ2v) is 2.93. The van der Waals surface area contributed by atoms with Gasteiger partial charge in [-0.2, -0.15) is 5.10 Å². The summed E-state index contributed by atoms with van der Waals surface area (Å²) in [6.45, 7) is 4.33. The first-order valence-electron chi connectivity index (χ1n) is 4.04. The molecule has 0 radical (unpaired) electrons. The van der Waals surface area contributed by atoms with Crippen LogP contribution in [0.2, 0.25) is 0 Å². The Hall–Kier alpha value is -0.990. The van der Waals surface area contributed by atoms with E-state index in [0.29, 0.717) is 5.92 Å². The summed E-state index contributed by atoms with van der Waals surface area (Å²) < 4.78 is 0. The number of aromatic amines is 1. The number of anilines is 1. The highest BCUT2D eigenvalue weighted by Gasteiger charge is 2.08. The summed E-state index contributed by atoms with van der Waals surface area (Å²) in [6, 6.07) is 0. The van der Waals surface area contributed by atoms with Crippen LogP contribution in [0.15, 0.2) is 6.20 Å². The molecule has 0 bridgehead atoms. The number of nitrogens with one attached hydrogen (secondary N) is 1. The number of hydrogen-bond acceptors (Lipinski definition) is 2. The third kappa shape index (κ3) is 1.73. The third-order valence-electron chi connectivity index (χ3n) is 1.91. The molecule has 3 heteroatoms. The minimum atomic E-state index is 0.502. The summed E-state index contributed by atoms with van der Waals surface area (Å²) in [5.74, 6) is 0.502. The average molecular weight is 153 g/mol. The molecule has 3 N–H and O–H groups in total. The lowest BCUT2D eigenvalue weighted by Gasteiger charge is -2.07. The van der Waals surface area contributed by atoms with E-state index in [9.17, 15) is 0 Å². The van der Waals surface area contributed by atoms with E-state index < -0.39 is 0 Å². The van der Waals surface area contributed by atoms with Crippen molar-refractivity contribution in [2.24, 2.45) is 0 Å². The van der Waals surface area contributed by atoms with Crippen molar-refractivity contribution in [2.75, 3.05) is 5.73 Å². The molecule has 0 spiro atoms. The number of rotatable bonds is 3. The highest BCUT2D eigenvalue weighted by Crippen LogP contribution is 2.22. The maximum atomic E-state index is 5.68. The molecule has 62 valence electrons. The maximum Gasteiger partial charge on any atom is 0.0733 e. The Bertz CT molecular complexity index is 217. The number of nitrogens with two attached hydrogens (primary N) is 1. The first-order valence-corrected chi connectivity index (χ1v) is 4.04. The zero-order chi connectivity index (χ0) is 8.27. The van der Waals surface area contributed by atoms with Gasteiger partial charge in [0.1, 0.15) is 0 Å². The van der Waals surface area contributed by atoms with E-state index in [1.807, 2.05) is 0 Å². The topological polar surface area (TPSA) is 54.7 Å². The second-order valence-electron chi connectivity index (χ2n) is 2.93. The molecule has 3 nitrogen and oxygen atoms in total. The molecule has 0 saturated carbocycles. The van der Waals surface area contributed by atoms with Gasteiger partial charge < -0.3 is 5.73 Å². The highest BCUT2D eigenvalue weighted by molar-refractivity contribution is 5.41. The Morgan fingerprint density at radius 3 is 2.91 bits per heavy atom. The SMILES string of the molecule is CCCC(C)c1[nH]ncc1N. The quantitative estimate of drug-likeness (QED) is 0.696. The predicted octanol–water partition coefficient (Wildman–Crippen LogP) is 1.90. The van der Waals surface area contributed by atoms with Crippen LogP contribution in [0.1, 0.15) is 38.3 Å². The fourth-order valence-corrected chi connectivity index (χ4v) is 1.28. The standard InChI is InChI=1S/C8H15N3/c1-3-4-6(2)8-7(9)5-10-11-8/h5-6H,3-4,9H2,1-2H3,(H,10,11). The smallest absolute Gasteiger partial charge is 0.0733 e. The van der Waals surface area contributed by atoms with Crippen molar-refractivity contribution in [3.8, 4) is 0 Å². The zero-order valence-corrected chi connectivity index (χ0v) is 7.09. The molecule has 0 aliphatic rings. The molecule has 1 unspecified atom stereocenters. The van der Waals surface area contributed by atoms with E-state index in [2.05, 4.69) is 24.0 Å². The van der Waals surface area contributed by atoms with Crippen LogP contribution in [0, 0.1) is 0 Å². The van der Waals surface area contributed by atoms with Gasteiger partial charge in [-0.25, -0.2) is 0 Å². The van der Waals surface area contributed by atoms with Gasteiger partial charge in [0.05, 0.1) is 17.6 Å². The van der Waals surface area contributed by atoms with Gasteiger partial charge in [0.2, 0.25) is 0 Å². The lowest BCUT2D eigenvalue weighted by atomic mass is 10.0. The largest absolute Gasteiger partial charge is 0.396 e. The Morgan fingerprint density at radius 2 is 2.45 bits per heavy atom. The van der Waals surface area contributed by atoms with Crippen LogP contribution >= 0.6 is 0 Å². The van der Waals surface area contributed by atoms with E-state index in [1.165, 1.54) is 6.42 Å². The van der Waals surface area contributed by atoms with Crippen LogP contribution < -0.4 is 5.73 Å². The summed E-state index contributed by atoms with van der Waals surface area (Å²) in [5.41, 5.74) is 7.54. The van der Waals surface area contributed by atoms with Crippen LogP contribution in [0.4, 0.5) is 5.69 Å². The van der Waals surface area contributed by atoms with Gasteiger partial charge in [-0.15, -0.1) is 0 Å². The van der Waals surface area contributed by atoms with Gasteiger partial charge in [0, 0.05) is 0 Å². The van der Waals surface area contributed by atoms with E-state index in [-0.39, 0.29) is 0 Å². The fraction of sp³-hybridized carbons (Fsp3) is 0.625. The minimum absolute atomic E-state index is 0.502. The van der Waals surface area contributed by atoms with Gasteiger partial charge >= 0.3 is 0 Å². The number of hydrogen-bond donors (Lipinski definition) is 2. The first-order chi connectivity index (χ1) is 5.25. The number of aromatic nitrogens is 2. The van der Waals surface area contributed by atoms with Crippen molar-refractivity contribution in [3.05, 3.63) is 11.9 Å². The fourth-order valence-electron chi connectivity index (χ4n) is 1.28. The van der Waals surface area contributed by atoms with Crippen LogP contribution in [0.3, 0.4) is 0 Å². The van der Waals surface area contributed by atoms with Gasteiger partial charge in [0.25, 0.3) is 0 Å². The molecule has 0 amide bonds. The lowest BCUT2D eigenvalue weighted by molar-refractivity contribution is 0.646. The highest BCUT2D eigenvalue weighted by atomic mass is 15.1. The van der Waals surface area contributed by atoms with E-state index in [0.717, 1.165) is 17.8 Å². The van der Waals surface area contributed by atoms with E-state index >= 15 is 0 Å². The molecule has 0 aliphatic carbocycles. The predicted molar refractivity (Wildman–Crippen MR) is 46.3 cm³/mol. The molecule has 1 aromatic heterocycles. The molecule has 0 aromatic carbocycles. The molecule has 1 aromatic rings. The van der Waals surface area contributed by atoms with Crippen molar-refractivity contribution in [1.82, 2.24) is 10.2 Å². The average Bonchev–Trinajstić information content (AvgIpc) is 2.36. The number of nitrogens with zero attached hydrogens (tertiary/aromatic N) is 1. The van der Waals surface area contributed by atoms with Crippen LogP contribution in [0.5, 0.6) is 0 Å². The summed E-state index contributed by atoms with van der Waals surface area (Å²) >= 11 is 0. The molecule has 11 heavy (non-hydrogen) atoms. The van der Waals surface area contributed by atoms with Crippen molar-refractivity contribution in [3.63, 3.8) is 0 Å². The Kier molecular flexibility index (Phi) is 2.52. The minimum Gasteiger partial charge on any atom is -0.396 e. The molecule has 1 atom stereocenters.